The number of aliphatic carboxylic acids is 1. The number of ether oxygens (including phenoxy) is 2. The van der Waals surface area contributed by atoms with Gasteiger partial charge < -0.3 is 14.6 Å². The maximum atomic E-state index is 11.4. The number of unbranched alkanes of at least 4 members (excludes halogenated alkanes) is 2. The molecule has 0 fully saturated rings. The molecule has 0 spiro atoms. The van der Waals surface area contributed by atoms with Crippen molar-refractivity contribution < 1.29 is 19.4 Å². The highest BCUT2D eigenvalue weighted by Crippen LogP contribution is 2.18. The monoisotopic (exact) mass is 342 g/mol. The number of benzene rings is 2. The third-order valence-electron chi connectivity index (χ3n) is 4.17. The quantitative estimate of drug-likeness (QED) is 0.639. The van der Waals surface area contributed by atoms with Crippen LogP contribution in [-0.2, 0) is 11.2 Å². The first-order chi connectivity index (χ1) is 12.1. The van der Waals surface area contributed by atoms with Crippen LogP contribution in [0.5, 0.6) is 11.5 Å². The molecule has 0 aliphatic rings. The standard InChI is InChI=1S/C21H26O4/c1-16-8-12-19(13-9-16)25-20(21(22)23)7-5-3-4-6-17-10-14-18(24-2)15-11-17/h8-15,20H,3-7H2,1-2H3,(H,22,23). The average molecular weight is 342 g/mol. The van der Waals surface area contributed by atoms with Crippen LogP contribution in [0, 0.1) is 6.92 Å². The molecule has 134 valence electrons. The summed E-state index contributed by atoms with van der Waals surface area (Å²) in [7, 11) is 1.66. The molecule has 0 aliphatic heterocycles. The Labute approximate surface area is 149 Å². The molecule has 1 atom stereocenters. The molecule has 0 aliphatic carbocycles. The summed E-state index contributed by atoms with van der Waals surface area (Å²) < 4.78 is 10.8. The van der Waals surface area contributed by atoms with Crippen LogP contribution in [0.3, 0.4) is 0 Å². The number of carboxylic acid groups (broad SMARTS) is 1. The summed E-state index contributed by atoms with van der Waals surface area (Å²) in [5, 5.41) is 9.34. The van der Waals surface area contributed by atoms with Gasteiger partial charge in [0.25, 0.3) is 0 Å². The van der Waals surface area contributed by atoms with E-state index in [1.54, 1.807) is 7.11 Å². The Morgan fingerprint density at radius 3 is 2.20 bits per heavy atom. The lowest BCUT2D eigenvalue weighted by molar-refractivity contribution is -0.145. The molecule has 25 heavy (non-hydrogen) atoms. The molecule has 0 radical (unpaired) electrons. The molecule has 4 heteroatoms. The average Bonchev–Trinajstić information content (AvgIpc) is 2.62. The first-order valence-corrected chi connectivity index (χ1v) is 8.67. The molecule has 4 nitrogen and oxygen atoms in total. The second-order valence-corrected chi connectivity index (χ2v) is 6.21. The van der Waals surface area contributed by atoms with Crippen LogP contribution in [0.1, 0.15) is 36.8 Å². The van der Waals surface area contributed by atoms with E-state index in [9.17, 15) is 9.90 Å². The van der Waals surface area contributed by atoms with E-state index in [1.165, 1.54) is 5.56 Å². The predicted octanol–water partition coefficient (Wildman–Crippen LogP) is 4.64. The van der Waals surface area contributed by atoms with E-state index in [0.717, 1.165) is 37.0 Å². The molecule has 0 heterocycles. The highest BCUT2D eigenvalue weighted by molar-refractivity contribution is 5.72. The largest absolute Gasteiger partial charge is 0.497 e. The van der Waals surface area contributed by atoms with Crippen molar-refractivity contribution in [3.05, 3.63) is 59.7 Å². The molecular formula is C21H26O4. The first-order valence-electron chi connectivity index (χ1n) is 8.67. The van der Waals surface area contributed by atoms with E-state index in [0.29, 0.717) is 12.2 Å². The lowest BCUT2D eigenvalue weighted by atomic mass is 10.0. The van der Waals surface area contributed by atoms with E-state index in [2.05, 4.69) is 12.1 Å². The molecule has 1 N–H and O–H groups in total. The topological polar surface area (TPSA) is 55.8 Å². The van der Waals surface area contributed by atoms with E-state index >= 15 is 0 Å². The van der Waals surface area contributed by atoms with Crippen molar-refractivity contribution in [2.45, 2.75) is 45.1 Å². The number of hydrogen-bond donors (Lipinski definition) is 1. The lowest BCUT2D eigenvalue weighted by Gasteiger charge is -2.15. The Bertz CT molecular complexity index is 647. The van der Waals surface area contributed by atoms with Crippen molar-refractivity contribution in [2.24, 2.45) is 0 Å². The van der Waals surface area contributed by atoms with Crippen molar-refractivity contribution >= 4 is 5.97 Å². The first kappa shape index (κ1) is 18.8. The van der Waals surface area contributed by atoms with Gasteiger partial charge in [0.15, 0.2) is 6.10 Å². The van der Waals surface area contributed by atoms with E-state index < -0.39 is 12.1 Å². The normalized spacial score (nSPS) is 11.8. The van der Waals surface area contributed by atoms with Crippen molar-refractivity contribution in [2.75, 3.05) is 7.11 Å². The number of carboxylic acids is 1. The minimum absolute atomic E-state index is 0.520. The van der Waals surface area contributed by atoms with Gasteiger partial charge in [-0.2, -0.15) is 0 Å². The zero-order valence-electron chi connectivity index (χ0n) is 14.9. The molecule has 0 bridgehead atoms. The van der Waals surface area contributed by atoms with Gasteiger partial charge in [-0.15, -0.1) is 0 Å². The van der Waals surface area contributed by atoms with E-state index in [-0.39, 0.29) is 0 Å². The van der Waals surface area contributed by atoms with Gasteiger partial charge in [0, 0.05) is 0 Å². The van der Waals surface area contributed by atoms with Crippen LogP contribution in [0.15, 0.2) is 48.5 Å². The number of aryl methyl sites for hydroxylation is 2. The Morgan fingerprint density at radius 2 is 1.60 bits per heavy atom. The van der Waals surface area contributed by atoms with Gasteiger partial charge in [0.05, 0.1) is 7.11 Å². The smallest absolute Gasteiger partial charge is 0.344 e. The molecule has 0 saturated carbocycles. The summed E-state index contributed by atoms with van der Waals surface area (Å²) in [6, 6.07) is 15.5. The molecule has 0 aromatic heterocycles. The fourth-order valence-corrected chi connectivity index (χ4v) is 2.64. The number of hydrogen-bond acceptors (Lipinski definition) is 3. The van der Waals surface area contributed by atoms with Crippen molar-refractivity contribution in [1.29, 1.82) is 0 Å². The molecular weight excluding hydrogens is 316 g/mol. The maximum absolute atomic E-state index is 11.4. The molecule has 0 saturated heterocycles. The van der Waals surface area contributed by atoms with E-state index in [1.807, 2.05) is 43.3 Å². The molecule has 2 aromatic carbocycles. The van der Waals surface area contributed by atoms with Crippen LogP contribution in [0.4, 0.5) is 0 Å². The Hall–Kier alpha value is -2.49. The van der Waals surface area contributed by atoms with E-state index in [4.69, 9.17) is 9.47 Å². The van der Waals surface area contributed by atoms with Gasteiger partial charge in [-0.25, -0.2) is 4.79 Å². The summed E-state index contributed by atoms with van der Waals surface area (Å²) >= 11 is 0. The maximum Gasteiger partial charge on any atom is 0.344 e. The van der Waals surface area contributed by atoms with Gasteiger partial charge in [0.1, 0.15) is 11.5 Å². The zero-order valence-corrected chi connectivity index (χ0v) is 14.9. The number of rotatable bonds is 10. The fourth-order valence-electron chi connectivity index (χ4n) is 2.64. The molecule has 0 amide bonds. The SMILES string of the molecule is COc1ccc(CCCCCC(Oc2ccc(C)cc2)C(=O)O)cc1. The minimum Gasteiger partial charge on any atom is -0.497 e. The van der Waals surface area contributed by atoms with Crippen LogP contribution < -0.4 is 9.47 Å². The molecule has 1 unspecified atom stereocenters. The zero-order chi connectivity index (χ0) is 18.1. The third-order valence-corrected chi connectivity index (χ3v) is 4.17. The number of methoxy groups -OCH3 is 1. The fraction of sp³-hybridized carbons (Fsp3) is 0.381. The summed E-state index contributed by atoms with van der Waals surface area (Å²) in [6.45, 7) is 1.99. The highest BCUT2D eigenvalue weighted by Gasteiger charge is 2.18. The van der Waals surface area contributed by atoms with Gasteiger partial charge >= 0.3 is 5.97 Å². The van der Waals surface area contributed by atoms with Crippen LogP contribution in [0.25, 0.3) is 0 Å². The van der Waals surface area contributed by atoms with Crippen molar-refractivity contribution in [3.63, 3.8) is 0 Å². The molecule has 2 rings (SSSR count). The summed E-state index contributed by atoms with van der Waals surface area (Å²) in [6.07, 6.45) is 3.56. The second-order valence-electron chi connectivity index (χ2n) is 6.21. The summed E-state index contributed by atoms with van der Waals surface area (Å²) in [5.41, 5.74) is 2.39. The van der Waals surface area contributed by atoms with Gasteiger partial charge in [-0.1, -0.05) is 36.2 Å². The van der Waals surface area contributed by atoms with Crippen LogP contribution >= 0.6 is 0 Å². The van der Waals surface area contributed by atoms with Crippen molar-refractivity contribution in [3.8, 4) is 11.5 Å². The van der Waals surface area contributed by atoms with Crippen LogP contribution in [-0.4, -0.2) is 24.3 Å². The predicted molar refractivity (Wildman–Crippen MR) is 98.4 cm³/mol. The van der Waals surface area contributed by atoms with Gasteiger partial charge in [-0.05, 0) is 62.4 Å². The van der Waals surface area contributed by atoms with Gasteiger partial charge in [-0.3, -0.25) is 0 Å². The Kier molecular flexibility index (Phi) is 7.33. The third kappa shape index (κ3) is 6.49. The minimum atomic E-state index is -0.907. The summed E-state index contributed by atoms with van der Waals surface area (Å²) in [5.74, 6) is 0.563. The Morgan fingerprint density at radius 1 is 0.960 bits per heavy atom. The second kappa shape index (κ2) is 9.72. The van der Waals surface area contributed by atoms with Gasteiger partial charge in [0.2, 0.25) is 0 Å². The number of carbonyl (C=O) groups is 1. The summed E-state index contributed by atoms with van der Waals surface area (Å²) in [4.78, 5) is 11.4. The highest BCUT2D eigenvalue weighted by atomic mass is 16.5. The molecule has 2 aromatic rings. The Balaban J connectivity index is 1.71. The lowest BCUT2D eigenvalue weighted by Crippen LogP contribution is -2.26. The van der Waals surface area contributed by atoms with Crippen LogP contribution in [0.2, 0.25) is 0 Å². The van der Waals surface area contributed by atoms with Crippen molar-refractivity contribution in [1.82, 2.24) is 0 Å².